The number of aliphatic hydroxyl groups is 1. The number of aromatic nitrogens is 2. The molecule has 0 radical (unpaired) electrons. The van der Waals surface area contributed by atoms with E-state index < -0.39 is 5.60 Å². The standard InChI is InChI=1S/C21H29N3O3/c1-16-14-23(11-9-21(16,26)17-7-12-27-13-8-17)20(25)6-10-24-15-22-18-4-2-3-5-19(18)24/h2-5,15-17,26H,6-14H2,1H3/t16-,21+/m1/s1. The first-order chi connectivity index (χ1) is 13.1. The van der Waals surface area contributed by atoms with Gasteiger partial charge in [-0.2, -0.15) is 0 Å². The topological polar surface area (TPSA) is 67.6 Å². The van der Waals surface area contributed by atoms with E-state index in [0.717, 1.165) is 37.1 Å². The van der Waals surface area contributed by atoms with Gasteiger partial charge in [-0.1, -0.05) is 19.1 Å². The van der Waals surface area contributed by atoms with Crippen LogP contribution in [0, 0.1) is 11.8 Å². The van der Waals surface area contributed by atoms with Crippen LogP contribution >= 0.6 is 0 Å². The van der Waals surface area contributed by atoms with Gasteiger partial charge in [0.05, 0.1) is 23.0 Å². The molecule has 0 spiro atoms. The van der Waals surface area contributed by atoms with Gasteiger partial charge in [-0.05, 0) is 37.3 Å². The molecule has 6 nitrogen and oxygen atoms in total. The third kappa shape index (κ3) is 3.60. The summed E-state index contributed by atoms with van der Waals surface area (Å²) < 4.78 is 7.49. The molecular formula is C21H29N3O3. The summed E-state index contributed by atoms with van der Waals surface area (Å²) >= 11 is 0. The SMILES string of the molecule is C[C@@H]1CN(C(=O)CCn2cnc3ccccc32)CC[C@@]1(O)C1CCOCC1. The highest BCUT2D eigenvalue weighted by Gasteiger charge is 2.45. The second kappa shape index (κ2) is 7.60. The van der Waals surface area contributed by atoms with Crippen molar-refractivity contribution in [1.29, 1.82) is 0 Å². The van der Waals surface area contributed by atoms with Gasteiger partial charge in [0.2, 0.25) is 5.91 Å². The Labute approximate surface area is 160 Å². The Bertz CT molecular complexity index is 799. The number of rotatable bonds is 4. The summed E-state index contributed by atoms with van der Waals surface area (Å²) in [5.41, 5.74) is 1.35. The van der Waals surface area contributed by atoms with Crippen LogP contribution in [0.25, 0.3) is 11.0 Å². The Hall–Kier alpha value is -1.92. The number of benzene rings is 1. The lowest BCUT2D eigenvalue weighted by Gasteiger charge is -2.48. The van der Waals surface area contributed by atoms with Crippen molar-refractivity contribution in [3.05, 3.63) is 30.6 Å². The number of fused-ring (bicyclic) bond motifs is 1. The third-order valence-electron chi connectivity index (χ3n) is 6.50. The number of imidazole rings is 1. The summed E-state index contributed by atoms with van der Waals surface area (Å²) in [6.07, 6.45) is 4.77. The number of hydrogen-bond acceptors (Lipinski definition) is 4. The van der Waals surface area contributed by atoms with Crippen molar-refractivity contribution in [2.75, 3.05) is 26.3 Å². The number of nitrogens with zero attached hydrogens (tertiary/aromatic N) is 3. The van der Waals surface area contributed by atoms with E-state index in [0.29, 0.717) is 32.5 Å². The summed E-state index contributed by atoms with van der Waals surface area (Å²) in [5.74, 6) is 0.539. The summed E-state index contributed by atoms with van der Waals surface area (Å²) in [7, 11) is 0. The fraction of sp³-hybridized carbons (Fsp3) is 0.619. The van der Waals surface area contributed by atoms with Crippen LogP contribution in [0.2, 0.25) is 0 Å². The summed E-state index contributed by atoms with van der Waals surface area (Å²) in [4.78, 5) is 19.1. The molecule has 2 fully saturated rings. The van der Waals surface area contributed by atoms with Gasteiger partial charge in [-0.15, -0.1) is 0 Å². The highest BCUT2D eigenvalue weighted by Crippen LogP contribution is 2.39. The molecule has 1 aromatic carbocycles. The molecule has 2 aromatic rings. The zero-order valence-corrected chi connectivity index (χ0v) is 16.0. The number of hydrogen-bond donors (Lipinski definition) is 1. The van der Waals surface area contributed by atoms with Crippen LogP contribution in [0.4, 0.5) is 0 Å². The van der Waals surface area contributed by atoms with Crippen molar-refractivity contribution in [1.82, 2.24) is 14.5 Å². The van der Waals surface area contributed by atoms with Crippen molar-refractivity contribution >= 4 is 16.9 Å². The van der Waals surface area contributed by atoms with Crippen molar-refractivity contribution in [3.8, 4) is 0 Å². The zero-order valence-electron chi connectivity index (χ0n) is 16.0. The van der Waals surface area contributed by atoms with Crippen LogP contribution < -0.4 is 0 Å². The molecule has 146 valence electrons. The molecule has 2 aliphatic heterocycles. The maximum atomic E-state index is 12.8. The number of piperidine rings is 1. The van der Waals surface area contributed by atoms with Crippen LogP contribution in [0.3, 0.4) is 0 Å². The van der Waals surface area contributed by atoms with E-state index in [2.05, 4.69) is 11.9 Å². The van der Waals surface area contributed by atoms with E-state index in [1.165, 1.54) is 0 Å². The highest BCUT2D eigenvalue weighted by atomic mass is 16.5. The Morgan fingerprint density at radius 3 is 2.89 bits per heavy atom. The molecule has 0 saturated carbocycles. The predicted octanol–water partition coefficient (Wildman–Crippen LogP) is 2.45. The molecule has 3 heterocycles. The fourth-order valence-electron chi connectivity index (χ4n) is 4.73. The first kappa shape index (κ1) is 18.4. The molecule has 2 aliphatic rings. The Balaban J connectivity index is 1.35. The van der Waals surface area contributed by atoms with Crippen LogP contribution in [0.5, 0.6) is 0 Å². The molecule has 1 aromatic heterocycles. The molecule has 27 heavy (non-hydrogen) atoms. The van der Waals surface area contributed by atoms with Gasteiger partial charge in [-0.3, -0.25) is 4.79 Å². The number of carbonyl (C=O) groups excluding carboxylic acids is 1. The summed E-state index contributed by atoms with van der Waals surface area (Å²) in [6, 6.07) is 7.98. The van der Waals surface area contributed by atoms with Crippen LogP contribution in [-0.2, 0) is 16.1 Å². The van der Waals surface area contributed by atoms with Crippen LogP contribution in [-0.4, -0.2) is 57.4 Å². The average Bonchev–Trinajstić information content (AvgIpc) is 3.12. The molecule has 4 rings (SSSR count). The van der Waals surface area contributed by atoms with E-state index in [-0.39, 0.29) is 17.7 Å². The molecule has 1 N–H and O–H groups in total. The lowest BCUT2D eigenvalue weighted by atomic mass is 9.70. The minimum atomic E-state index is -0.666. The maximum Gasteiger partial charge on any atom is 0.224 e. The van der Waals surface area contributed by atoms with Crippen LogP contribution in [0.15, 0.2) is 30.6 Å². The Kier molecular flexibility index (Phi) is 5.19. The lowest BCUT2D eigenvalue weighted by molar-refractivity contribution is -0.151. The lowest BCUT2D eigenvalue weighted by Crippen LogP contribution is -2.56. The molecular weight excluding hydrogens is 342 g/mol. The predicted molar refractivity (Wildman–Crippen MR) is 103 cm³/mol. The Morgan fingerprint density at radius 1 is 1.33 bits per heavy atom. The monoisotopic (exact) mass is 371 g/mol. The number of amides is 1. The van der Waals surface area contributed by atoms with Crippen molar-refractivity contribution < 1.29 is 14.6 Å². The molecule has 2 saturated heterocycles. The maximum absolute atomic E-state index is 12.8. The number of carbonyl (C=O) groups is 1. The van der Waals surface area contributed by atoms with Crippen molar-refractivity contribution in [2.24, 2.45) is 11.8 Å². The number of ether oxygens (including phenoxy) is 1. The van der Waals surface area contributed by atoms with Gasteiger partial charge in [-0.25, -0.2) is 4.98 Å². The summed E-state index contributed by atoms with van der Waals surface area (Å²) in [6.45, 7) is 5.47. The minimum absolute atomic E-state index is 0.0902. The average molecular weight is 371 g/mol. The van der Waals surface area contributed by atoms with Gasteiger partial charge >= 0.3 is 0 Å². The first-order valence-corrected chi connectivity index (χ1v) is 10.1. The molecule has 0 bridgehead atoms. The fourth-order valence-corrected chi connectivity index (χ4v) is 4.73. The molecule has 0 aliphatic carbocycles. The number of para-hydroxylation sites is 2. The second-order valence-corrected chi connectivity index (χ2v) is 8.05. The van der Waals surface area contributed by atoms with Gasteiger partial charge in [0.15, 0.2) is 0 Å². The zero-order chi connectivity index (χ0) is 18.9. The third-order valence-corrected chi connectivity index (χ3v) is 6.50. The minimum Gasteiger partial charge on any atom is -0.389 e. The van der Waals surface area contributed by atoms with Gasteiger partial charge in [0.1, 0.15) is 0 Å². The van der Waals surface area contributed by atoms with E-state index in [1.54, 1.807) is 6.33 Å². The second-order valence-electron chi connectivity index (χ2n) is 8.05. The molecule has 2 atom stereocenters. The van der Waals surface area contributed by atoms with E-state index in [4.69, 9.17) is 4.74 Å². The van der Waals surface area contributed by atoms with E-state index >= 15 is 0 Å². The normalized spacial score (nSPS) is 27.2. The summed E-state index contributed by atoms with van der Waals surface area (Å²) in [5, 5.41) is 11.3. The van der Waals surface area contributed by atoms with E-state index in [9.17, 15) is 9.90 Å². The van der Waals surface area contributed by atoms with Crippen LogP contribution in [0.1, 0.15) is 32.6 Å². The molecule has 0 unspecified atom stereocenters. The van der Waals surface area contributed by atoms with Gasteiger partial charge < -0.3 is 19.3 Å². The van der Waals surface area contributed by atoms with Crippen molar-refractivity contribution in [2.45, 2.75) is 44.8 Å². The van der Waals surface area contributed by atoms with Gasteiger partial charge in [0, 0.05) is 45.2 Å². The molecule has 6 heteroatoms. The quantitative estimate of drug-likeness (QED) is 0.896. The smallest absolute Gasteiger partial charge is 0.224 e. The number of aryl methyl sites for hydroxylation is 1. The van der Waals surface area contributed by atoms with E-state index in [1.807, 2.05) is 33.7 Å². The largest absolute Gasteiger partial charge is 0.389 e. The van der Waals surface area contributed by atoms with Crippen molar-refractivity contribution in [3.63, 3.8) is 0 Å². The Morgan fingerprint density at radius 2 is 2.11 bits per heavy atom. The molecule has 1 amide bonds. The van der Waals surface area contributed by atoms with Gasteiger partial charge in [0.25, 0.3) is 0 Å². The highest BCUT2D eigenvalue weighted by molar-refractivity contribution is 5.77. The number of likely N-dealkylation sites (tertiary alicyclic amines) is 1. The first-order valence-electron chi connectivity index (χ1n) is 10.1.